The Bertz CT molecular complexity index is 1010. The van der Waals surface area contributed by atoms with Crippen LogP contribution in [0.25, 0.3) is 22.3 Å². The highest BCUT2D eigenvalue weighted by Gasteiger charge is 2.30. The number of halogens is 5. The predicted molar refractivity (Wildman–Crippen MR) is 89.1 cm³/mol. The van der Waals surface area contributed by atoms with Gasteiger partial charge in [0.1, 0.15) is 16.7 Å². The molecule has 0 N–H and O–H groups in total. The lowest BCUT2D eigenvalue weighted by Crippen LogP contribution is -2.06. The fraction of sp³-hybridized carbons (Fsp3) is 0.125. The van der Waals surface area contributed by atoms with Crippen molar-refractivity contribution in [2.75, 3.05) is 7.11 Å². The average molecular weight is 402 g/mol. The molecule has 3 rings (SSSR count). The van der Waals surface area contributed by atoms with Crippen LogP contribution in [-0.2, 0) is 10.9 Å². The second-order valence-corrected chi connectivity index (χ2v) is 5.84. The molecule has 3 aromatic rings. The Balaban J connectivity index is 2.24. The van der Waals surface area contributed by atoms with Gasteiger partial charge in [-0.1, -0.05) is 23.7 Å². The number of alkyl halides is 3. The van der Waals surface area contributed by atoms with Gasteiger partial charge in [-0.2, -0.15) is 13.2 Å². The number of aromatic nitrogens is 3. The molecule has 0 aliphatic carbocycles. The van der Waals surface area contributed by atoms with Crippen LogP contribution in [0.2, 0.25) is 10.3 Å². The topological polar surface area (TPSA) is 65.0 Å². The van der Waals surface area contributed by atoms with Gasteiger partial charge in [-0.05, 0) is 29.8 Å². The van der Waals surface area contributed by atoms with Crippen LogP contribution in [0.3, 0.4) is 0 Å². The summed E-state index contributed by atoms with van der Waals surface area (Å²) in [5, 5.41) is -0.0882. The molecule has 0 fully saturated rings. The molecule has 1 aromatic carbocycles. The molecule has 10 heteroatoms. The number of hydrogen-bond donors (Lipinski definition) is 0. The normalized spacial score (nSPS) is 11.6. The van der Waals surface area contributed by atoms with Crippen molar-refractivity contribution < 1.29 is 22.7 Å². The Morgan fingerprint density at radius 2 is 1.69 bits per heavy atom. The first kappa shape index (κ1) is 18.3. The Morgan fingerprint density at radius 1 is 1.04 bits per heavy atom. The lowest BCUT2D eigenvalue weighted by molar-refractivity contribution is -0.137. The first-order valence-corrected chi connectivity index (χ1v) is 7.76. The first-order chi connectivity index (χ1) is 12.2. The molecule has 0 amide bonds. The zero-order valence-electron chi connectivity index (χ0n) is 12.9. The highest BCUT2D eigenvalue weighted by atomic mass is 35.5. The number of pyridine rings is 1. The Kier molecular flexibility index (Phi) is 4.72. The molecule has 26 heavy (non-hydrogen) atoms. The van der Waals surface area contributed by atoms with E-state index in [4.69, 9.17) is 23.2 Å². The SMILES string of the molecule is COC(=O)c1cc(Cl)c2nc(Cl)nc(-c3ccc(C(F)(F)F)cc3)c2n1. The van der Waals surface area contributed by atoms with Crippen LogP contribution in [0.5, 0.6) is 0 Å². The minimum atomic E-state index is -4.47. The maximum atomic E-state index is 12.7. The summed E-state index contributed by atoms with van der Waals surface area (Å²) in [7, 11) is 1.18. The first-order valence-electron chi connectivity index (χ1n) is 7.00. The number of esters is 1. The van der Waals surface area contributed by atoms with Crippen molar-refractivity contribution in [1.82, 2.24) is 15.0 Å². The average Bonchev–Trinajstić information content (AvgIpc) is 2.60. The molecule has 0 atom stereocenters. The molecule has 0 saturated carbocycles. The quantitative estimate of drug-likeness (QED) is 0.455. The van der Waals surface area contributed by atoms with Crippen molar-refractivity contribution >= 4 is 40.2 Å². The minimum Gasteiger partial charge on any atom is -0.464 e. The van der Waals surface area contributed by atoms with Crippen molar-refractivity contribution in [2.24, 2.45) is 0 Å². The van der Waals surface area contributed by atoms with Gasteiger partial charge in [0.25, 0.3) is 0 Å². The van der Waals surface area contributed by atoms with E-state index in [0.717, 1.165) is 12.1 Å². The number of ether oxygens (including phenoxy) is 1. The largest absolute Gasteiger partial charge is 0.464 e. The van der Waals surface area contributed by atoms with Gasteiger partial charge in [-0.15, -0.1) is 0 Å². The second-order valence-electron chi connectivity index (χ2n) is 5.09. The maximum Gasteiger partial charge on any atom is 0.416 e. The Hall–Kier alpha value is -2.45. The fourth-order valence-electron chi connectivity index (χ4n) is 2.27. The van der Waals surface area contributed by atoms with E-state index in [-0.39, 0.29) is 32.7 Å². The highest BCUT2D eigenvalue weighted by Crippen LogP contribution is 2.33. The maximum absolute atomic E-state index is 12.7. The third kappa shape index (κ3) is 3.42. The molecule has 2 aromatic heterocycles. The summed E-state index contributed by atoms with van der Waals surface area (Å²) in [6.07, 6.45) is -4.47. The van der Waals surface area contributed by atoms with Gasteiger partial charge in [0.15, 0.2) is 5.69 Å². The lowest BCUT2D eigenvalue weighted by atomic mass is 10.1. The van der Waals surface area contributed by atoms with Crippen LogP contribution in [0, 0.1) is 0 Å². The number of fused-ring (bicyclic) bond motifs is 1. The zero-order valence-corrected chi connectivity index (χ0v) is 14.4. The number of rotatable bonds is 2. The van der Waals surface area contributed by atoms with Crippen LogP contribution in [0.15, 0.2) is 30.3 Å². The van der Waals surface area contributed by atoms with E-state index in [1.54, 1.807) is 0 Å². The number of nitrogens with zero attached hydrogens (tertiary/aromatic N) is 3. The number of methoxy groups -OCH3 is 1. The molecule has 0 radical (unpaired) electrons. The van der Waals surface area contributed by atoms with Gasteiger partial charge in [-0.3, -0.25) is 0 Å². The number of benzene rings is 1. The Labute approximate surface area is 154 Å². The van der Waals surface area contributed by atoms with Crippen LogP contribution in [-0.4, -0.2) is 28.0 Å². The van der Waals surface area contributed by atoms with Gasteiger partial charge in [0.2, 0.25) is 5.28 Å². The molecule has 0 aliphatic rings. The molecular formula is C16H8Cl2F3N3O2. The van der Waals surface area contributed by atoms with Gasteiger partial charge in [-0.25, -0.2) is 19.7 Å². The minimum absolute atomic E-state index is 0.0767. The predicted octanol–water partition coefficient (Wildman–Crippen LogP) is 4.80. The summed E-state index contributed by atoms with van der Waals surface area (Å²) in [5.74, 6) is -0.734. The lowest BCUT2D eigenvalue weighted by Gasteiger charge is -2.10. The van der Waals surface area contributed by atoms with E-state index in [1.165, 1.54) is 25.3 Å². The smallest absolute Gasteiger partial charge is 0.416 e. The van der Waals surface area contributed by atoms with Crippen molar-refractivity contribution in [3.8, 4) is 11.3 Å². The van der Waals surface area contributed by atoms with E-state index in [0.29, 0.717) is 5.56 Å². The fourth-order valence-corrected chi connectivity index (χ4v) is 2.67. The number of carbonyl (C=O) groups excluding carboxylic acids is 1. The number of carbonyl (C=O) groups is 1. The van der Waals surface area contributed by atoms with E-state index >= 15 is 0 Å². The summed E-state index contributed by atoms with van der Waals surface area (Å²) in [6.45, 7) is 0. The monoisotopic (exact) mass is 401 g/mol. The molecule has 0 bridgehead atoms. The second kappa shape index (κ2) is 6.69. The third-order valence-corrected chi connectivity index (χ3v) is 3.92. The Morgan fingerprint density at radius 3 is 2.27 bits per heavy atom. The van der Waals surface area contributed by atoms with E-state index in [9.17, 15) is 18.0 Å². The zero-order chi connectivity index (χ0) is 19.1. The van der Waals surface area contributed by atoms with Crippen molar-refractivity contribution in [3.05, 3.63) is 51.9 Å². The summed E-state index contributed by atoms with van der Waals surface area (Å²) >= 11 is 12.0. The standard InChI is InChI=1S/C16H8Cl2F3N3O2/c1-26-14(25)10-6-9(17)12-13(22-10)11(23-15(18)24-12)7-2-4-8(5-3-7)16(19,20)21/h2-6H,1H3. The summed E-state index contributed by atoms with van der Waals surface area (Å²) in [5.41, 5.74) is -0.188. The van der Waals surface area contributed by atoms with Gasteiger partial charge in [0.05, 0.1) is 17.7 Å². The number of hydrogen-bond acceptors (Lipinski definition) is 5. The van der Waals surface area contributed by atoms with Gasteiger partial charge < -0.3 is 4.74 Å². The van der Waals surface area contributed by atoms with Crippen LogP contribution in [0.1, 0.15) is 16.1 Å². The van der Waals surface area contributed by atoms with Gasteiger partial charge in [0, 0.05) is 5.56 Å². The van der Waals surface area contributed by atoms with E-state index in [2.05, 4.69) is 19.7 Å². The van der Waals surface area contributed by atoms with Crippen molar-refractivity contribution in [2.45, 2.75) is 6.18 Å². The van der Waals surface area contributed by atoms with Gasteiger partial charge >= 0.3 is 12.1 Å². The van der Waals surface area contributed by atoms with E-state index in [1.807, 2.05) is 0 Å². The van der Waals surface area contributed by atoms with Crippen LogP contribution < -0.4 is 0 Å². The van der Waals surface area contributed by atoms with Crippen LogP contribution >= 0.6 is 23.2 Å². The molecule has 0 saturated heterocycles. The van der Waals surface area contributed by atoms with Crippen LogP contribution in [0.4, 0.5) is 13.2 Å². The molecule has 0 unspecified atom stereocenters. The molecule has 0 spiro atoms. The molecule has 134 valence electrons. The highest BCUT2D eigenvalue weighted by molar-refractivity contribution is 6.36. The molecule has 5 nitrogen and oxygen atoms in total. The third-order valence-electron chi connectivity index (χ3n) is 3.46. The summed E-state index contributed by atoms with van der Waals surface area (Å²) in [4.78, 5) is 23.9. The van der Waals surface area contributed by atoms with Crippen molar-refractivity contribution in [1.29, 1.82) is 0 Å². The van der Waals surface area contributed by atoms with Crippen molar-refractivity contribution in [3.63, 3.8) is 0 Å². The molecular weight excluding hydrogens is 394 g/mol. The summed E-state index contributed by atoms with van der Waals surface area (Å²) in [6, 6.07) is 5.52. The molecule has 2 heterocycles. The molecule has 0 aliphatic heterocycles. The van der Waals surface area contributed by atoms with E-state index < -0.39 is 17.7 Å². The summed E-state index contributed by atoms with van der Waals surface area (Å²) < 4.78 is 42.8.